The van der Waals surface area contributed by atoms with E-state index >= 15 is 0 Å². The highest BCUT2D eigenvalue weighted by atomic mass is 19.4. The Bertz CT molecular complexity index is 403. The van der Waals surface area contributed by atoms with E-state index in [2.05, 4.69) is 9.88 Å². The highest BCUT2D eigenvalue weighted by molar-refractivity contribution is 5.26. The Morgan fingerprint density at radius 1 is 1.33 bits per heavy atom. The van der Waals surface area contributed by atoms with Crippen LogP contribution in [0.15, 0.2) is 18.3 Å². The molecule has 0 bridgehead atoms. The van der Waals surface area contributed by atoms with Gasteiger partial charge in [-0.25, -0.2) is 0 Å². The van der Waals surface area contributed by atoms with Crippen LogP contribution < -0.4 is 0 Å². The van der Waals surface area contributed by atoms with Crippen molar-refractivity contribution in [2.24, 2.45) is 0 Å². The zero-order chi connectivity index (χ0) is 13.2. The number of pyridine rings is 1. The zero-order valence-corrected chi connectivity index (χ0v) is 10.4. The van der Waals surface area contributed by atoms with E-state index in [4.69, 9.17) is 0 Å². The van der Waals surface area contributed by atoms with E-state index in [1.807, 2.05) is 7.05 Å². The lowest BCUT2D eigenvalue weighted by molar-refractivity contribution is -0.138. The third-order valence-electron chi connectivity index (χ3n) is 3.41. The molecule has 0 amide bonds. The molecule has 0 N–H and O–H groups in total. The average molecular weight is 258 g/mol. The quantitative estimate of drug-likeness (QED) is 0.768. The van der Waals surface area contributed by atoms with E-state index in [1.165, 1.54) is 12.3 Å². The molecule has 0 radical (unpaired) electrons. The molecule has 1 saturated heterocycles. The molecule has 5 heteroatoms. The Balaban J connectivity index is 2.32. The van der Waals surface area contributed by atoms with Gasteiger partial charge in [-0.05, 0) is 38.6 Å². The first-order chi connectivity index (χ1) is 8.48. The number of hydrogen-bond acceptors (Lipinski definition) is 2. The molecule has 0 saturated carbocycles. The minimum Gasteiger partial charge on any atom is -0.306 e. The Labute approximate surface area is 105 Å². The topological polar surface area (TPSA) is 16.1 Å². The van der Waals surface area contributed by atoms with Gasteiger partial charge in [0.15, 0.2) is 0 Å². The molecule has 2 heterocycles. The maximum Gasteiger partial charge on any atom is 0.418 e. The summed E-state index contributed by atoms with van der Waals surface area (Å²) in [6.07, 6.45) is -0.0710. The maximum atomic E-state index is 12.9. The summed E-state index contributed by atoms with van der Waals surface area (Å²) < 4.78 is 38.8. The molecule has 0 aliphatic carbocycles. The van der Waals surface area contributed by atoms with E-state index in [1.54, 1.807) is 0 Å². The molecule has 0 aromatic carbocycles. The average Bonchev–Trinajstić information content (AvgIpc) is 2.53. The molecular formula is C13H17F3N2. The van der Waals surface area contributed by atoms with Gasteiger partial charge in [0, 0.05) is 18.7 Å². The van der Waals surface area contributed by atoms with Crippen molar-refractivity contribution in [1.29, 1.82) is 0 Å². The summed E-state index contributed by atoms with van der Waals surface area (Å²) in [6, 6.07) is 2.49. The molecule has 1 aromatic heterocycles. The van der Waals surface area contributed by atoms with E-state index in [-0.39, 0.29) is 11.6 Å². The fraction of sp³-hybridized carbons (Fsp3) is 0.615. The second-order valence-electron chi connectivity index (χ2n) is 4.89. The fourth-order valence-electron chi connectivity index (χ4n) is 2.54. The van der Waals surface area contributed by atoms with E-state index in [0.29, 0.717) is 6.54 Å². The lowest BCUT2D eigenvalue weighted by Gasteiger charge is -2.22. The molecule has 1 aromatic rings. The molecule has 1 atom stereocenters. The van der Waals surface area contributed by atoms with Gasteiger partial charge in [-0.1, -0.05) is 6.42 Å². The standard InChI is InChI=1S/C13H17F3N2/c1-18-8-3-2-5-10(9-18)12-11(13(14,15)16)6-4-7-17-12/h4,6-7,10H,2-3,5,8-9H2,1H3. The minimum atomic E-state index is -4.31. The lowest BCUT2D eigenvalue weighted by Crippen LogP contribution is -2.25. The molecule has 1 aliphatic heterocycles. The van der Waals surface area contributed by atoms with Crippen molar-refractivity contribution in [2.45, 2.75) is 31.4 Å². The van der Waals surface area contributed by atoms with Crippen molar-refractivity contribution >= 4 is 0 Å². The summed E-state index contributed by atoms with van der Waals surface area (Å²) in [5.41, 5.74) is -0.371. The van der Waals surface area contributed by atoms with Gasteiger partial charge in [0.2, 0.25) is 0 Å². The van der Waals surface area contributed by atoms with Crippen molar-refractivity contribution in [2.75, 3.05) is 20.1 Å². The smallest absolute Gasteiger partial charge is 0.306 e. The SMILES string of the molecule is CN1CCCCC(c2ncccc2C(F)(F)F)C1. The van der Waals surface area contributed by atoms with Crippen LogP contribution in [-0.4, -0.2) is 30.0 Å². The van der Waals surface area contributed by atoms with Crippen LogP contribution in [0, 0.1) is 0 Å². The highest BCUT2D eigenvalue weighted by Gasteiger charge is 2.36. The molecule has 2 nitrogen and oxygen atoms in total. The second kappa shape index (κ2) is 5.26. The summed E-state index contributed by atoms with van der Waals surface area (Å²) in [5, 5.41) is 0. The predicted molar refractivity (Wildman–Crippen MR) is 63.3 cm³/mol. The first-order valence-corrected chi connectivity index (χ1v) is 6.19. The van der Waals surface area contributed by atoms with Gasteiger partial charge >= 0.3 is 6.18 Å². The molecule has 100 valence electrons. The number of likely N-dealkylation sites (N-methyl/N-ethyl adjacent to an activating group) is 1. The molecule has 1 unspecified atom stereocenters. The molecule has 2 rings (SSSR count). The summed E-state index contributed by atoms with van der Waals surface area (Å²) in [4.78, 5) is 6.09. The Kier molecular flexibility index (Phi) is 3.90. The monoisotopic (exact) mass is 258 g/mol. The zero-order valence-electron chi connectivity index (χ0n) is 10.4. The van der Waals surface area contributed by atoms with Gasteiger partial charge in [-0.3, -0.25) is 4.98 Å². The van der Waals surface area contributed by atoms with E-state index in [9.17, 15) is 13.2 Å². The number of likely N-dealkylation sites (tertiary alicyclic amines) is 1. The van der Waals surface area contributed by atoms with Crippen molar-refractivity contribution in [3.63, 3.8) is 0 Å². The number of aromatic nitrogens is 1. The number of halogens is 3. The van der Waals surface area contributed by atoms with Gasteiger partial charge in [0.1, 0.15) is 0 Å². The van der Waals surface area contributed by atoms with Crippen LogP contribution in [0.3, 0.4) is 0 Å². The van der Waals surface area contributed by atoms with Crippen LogP contribution in [0.2, 0.25) is 0 Å². The van der Waals surface area contributed by atoms with Gasteiger partial charge in [0.25, 0.3) is 0 Å². The van der Waals surface area contributed by atoms with Gasteiger partial charge in [-0.15, -0.1) is 0 Å². The van der Waals surface area contributed by atoms with E-state index < -0.39 is 11.7 Å². The molecule has 1 aliphatic rings. The Morgan fingerprint density at radius 2 is 2.11 bits per heavy atom. The van der Waals surface area contributed by atoms with Crippen LogP contribution in [0.25, 0.3) is 0 Å². The molecule has 0 spiro atoms. The van der Waals surface area contributed by atoms with Crippen LogP contribution in [-0.2, 0) is 6.18 Å². The van der Waals surface area contributed by atoms with Crippen molar-refractivity contribution in [3.8, 4) is 0 Å². The number of nitrogens with zero attached hydrogens (tertiary/aromatic N) is 2. The largest absolute Gasteiger partial charge is 0.418 e. The summed E-state index contributed by atoms with van der Waals surface area (Å²) >= 11 is 0. The van der Waals surface area contributed by atoms with Gasteiger partial charge in [0.05, 0.1) is 11.3 Å². The number of rotatable bonds is 1. The number of alkyl halides is 3. The van der Waals surface area contributed by atoms with Crippen molar-refractivity contribution in [3.05, 3.63) is 29.6 Å². The van der Waals surface area contributed by atoms with Crippen molar-refractivity contribution in [1.82, 2.24) is 9.88 Å². The summed E-state index contributed by atoms with van der Waals surface area (Å²) in [5.74, 6) is -0.115. The predicted octanol–water partition coefficient (Wildman–Crippen LogP) is 3.30. The highest BCUT2D eigenvalue weighted by Crippen LogP contribution is 2.36. The molecule has 1 fully saturated rings. The van der Waals surface area contributed by atoms with Crippen molar-refractivity contribution < 1.29 is 13.2 Å². The number of hydrogen-bond donors (Lipinski definition) is 0. The lowest BCUT2D eigenvalue weighted by atomic mass is 9.95. The van der Waals surface area contributed by atoms with Crippen LogP contribution in [0.1, 0.15) is 36.4 Å². The van der Waals surface area contributed by atoms with E-state index in [0.717, 1.165) is 31.9 Å². The normalized spacial score (nSPS) is 22.8. The Morgan fingerprint density at radius 3 is 2.83 bits per heavy atom. The molecule has 18 heavy (non-hydrogen) atoms. The minimum absolute atomic E-state index is 0.115. The van der Waals surface area contributed by atoms with Crippen LogP contribution in [0.5, 0.6) is 0 Å². The third-order valence-corrected chi connectivity index (χ3v) is 3.41. The fourth-order valence-corrected chi connectivity index (χ4v) is 2.54. The molecular weight excluding hydrogens is 241 g/mol. The first-order valence-electron chi connectivity index (χ1n) is 6.19. The first kappa shape index (κ1) is 13.3. The Hall–Kier alpha value is -1.10. The van der Waals surface area contributed by atoms with Gasteiger partial charge < -0.3 is 4.90 Å². The summed E-state index contributed by atoms with van der Waals surface area (Å²) in [7, 11) is 1.95. The van der Waals surface area contributed by atoms with Gasteiger partial charge in [-0.2, -0.15) is 13.2 Å². The third kappa shape index (κ3) is 3.02. The summed E-state index contributed by atoms with van der Waals surface area (Å²) in [6.45, 7) is 1.60. The second-order valence-corrected chi connectivity index (χ2v) is 4.89. The van der Waals surface area contributed by atoms with Crippen LogP contribution >= 0.6 is 0 Å². The maximum absolute atomic E-state index is 12.9. The van der Waals surface area contributed by atoms with Crippen LogP contribution in [0.4, 0.5) is 13.2 Å².